The molecule has 5 heteroatoms. The van der Waals surface area contributed by atoms with Crippen molar-refractivity contribution < 1.29 is 24.1 Å². The molecule has 3 heterocycles. The first-order valence-corrected chi connectivity index (χ1v) is 7.39. The van der Waals surface area contributed by atoms with Gasteiger partial charge in [-0.3, -0.25) is 4.79 Å². The molecule has 19 heavy (non-hydrogen) atoms. The summed E-state index contributed by atoms with van der Waals surface area (Å²) in [6.45, 7) is 0. The molecule has 5 unspecified atom stereocenters. The number of epoxide rings is 3. The van der Waals surface area contributed by atoms with Crippen LogP contribution in [-0.4, -0.2) is 34.9 Å². The number of ether oxygens (including phenoxy) is 3. The molecule has 5 rings (SSSR count). The van der Waals surface area contributed by atoms with Gasteiger partial charge in [0.2, 0.25) is 11.6 Å². The molecular formula is C14H18O5. The van der Waals surface area contributed by atoms with Crippen molar-refractivity contribution in [2.75, 3.05) is 0 Å². The lowest BCUT2D eigenvalue weighted by Crippen LogP contribution is -2.32. The lowest BCUT2D eigenvalue weighted by molar-refractivity contribution is -0.145. The average molecular weight is 266 g/mol. The number of rotatable bonds is 3. The van der Waals surface area contributed by atoms with E-state index in [1.54, 1.807) is 0 Å². The minimum absolute atomic E-state index is 0.205. The van der Waals surface area contributed by atoms with E-state index in [0.717, 1.165) is 25.7 Å². The van der Waals surface area contributed by atoms with Crippen LogP contribution in [0.3, 0.4) is 0 Å². The van der Waals surface area contributed by atoms with Crippen LogP contribution in [0.2, 0.25) is 0 Å². The minimum Gasteiger partial charge on any atom is -0.481 e. The molecule has 0 spiro atoms. The summed E-state index contributed by atoms with van der Waals surface area (Å²) in [6, 6.07) is 0. The van der Waals surface area contributed by atoms with Crippen LogP contribution in [0.4, 0.5) is 0 Å². The monoisotopic (exact) mass is 266 g/mol. The van der Waals surface area contributed by atoms with E-state index in [2.05, 4.69) is 0 Å². The smallest absolute Gasteiger partial charge is 0.306 e. The second-order valence-corrected chi connectivity index (χ2v) is 6.95. The molecular weight excluding hydrogens is 248 g/mol. The Kier molecular flexibility index (Phi) is 1.84. The van der Waals surface area contributed by atoms with Crippen LogP contribution in [0.15, 0.2) is 0 Å². The second-order valence-electron chi connectivity index (χ2n) is 6.95. The zero-order valence-electron chi connectivity index (χ0n) is 10.7. The van der Waals surface area contributed by atoms with Crippen LogP contribution < -0.4 is 0 Å². The van der Waals surface area contributed by atoms with Gasteiger partial charge in [-0.2, -0.15) is 0 Å². The summed E-state index contributed by atoms with van der Waals surface area (Å²) in [5, 5.41) is 9.43. The van der Waals surface area contributed by atoms with Gasteiger partial charge in [-0.05, 0) is 37.5 Å². The van der Waals surface area contributed by atoms with Crippen LogP contribution in [0, 0.1) is 17.8 Å². The van der Waals surface area contributed by atoms with Crippen molar-refractivity contribution in [3.8, 4) is 0 Å². The molecule has 1 N–H and O–H groups in total. The highest BCUT2D eigenvalue weighted by Gasteiger charge is 2.92. The summed E-state index contributed by atoms with van der Waals surface area (Å²) in [4.78, 5) is 11.5. The highest BCUT2D eigenvalue weighted by atomic mass is 17.0. The van der Waals surface area contributed by atoms with Gasteiger partial charge in [-0.25, -0.2) is 0 Å². The Labute approximate surface area is 111 Å². The summed E-state index contributed by atoms with van der Waals surface area (Å²) in [5.74, 6) is -1.00. The maximum Gasteiger partial charge on any atom is 0.306 e. The average Bonchev–Trinajstić information content (AvgIpc) is 3.22. The molecule has 0 amide bonds. The van der Waals surface area contributed by atoms with E-state index < -0.39 is 11.8 Å². The standard InChI is InChI=1S/C14H18O5/c15-12(16)9-6-14-13(18-14,19-14)5-8(9)3-7-1-2-10-11(4-7)17-10/h7-11H,1-6H2,(H,15,16). The quantitative estimate of drug-likeness (QED) is 0.784. The van der Waals surface area contributed by atoms with Crippen molar-refractivity contribution >= 4 is 5.97 Å². The van der Waals surface area contributed by atoms with Gasteiger partial charge in [0.1, 0.15) is 0 Å². The second kappa shape index (κ2) is 3.15. The van der Waals surface area contributed by atoms with Crippen LogP contribution in [0.25, 0.3) is 0 Å². The van der Waals surface area contributed by atoms with E-state index in [1.165, 1.54) is 6.42 Å². The van der Waals surface area contributed by atoms with Crippen molar-refractivity contribution in [2.45, 2.75) is 62.3 Å². The first kappa shape index (κ1) is 11.1. The summed E-state index contributed by atoms with van der Waals surface area (Å²) < 4.78 is 16.7. The molecule has 5 aliphatic rings. The fourth-order valence-electron chi connectivity index (χ4n) is 4.58. The molecule has 104 valence electrons. The van der Waals surface area contributed by atoms with E-state index in [9.17, 15) is 9.90 Å². The van der Waals surface area contributed by atoms with Crippen molar-refractivity contribution in [3.05, 3.63) is 0 Å². The van der Waals surface area contributed by atoms with Crippen molar-refractivity contribution in [3.63, 3.8) is 0 Å². The molecule has 2 aliphatic carbocycles. The summed E-state index contributed by atoms with van der Waals surface area (Å²) in [5.41, 5.74) is 0. The Morgan fingerprint density at radius 3 is 2.68 bits per heavy atom. The molecule has 0 aromatic heterocycles. The highest BCUT2D eigenvalue weighted by Crippen LogP contribution is 2.76. The molecule has 0 aromatic rings. The first-order chi connectivity index (χ1) is 9.11. The molecule has 3 aliphatic heterocycles. The first-order valence-electron chi connectivity index (χ1n) is 7.39. The number of fused-ring (bicyclic) bond motifs is 1. The number of aliphatic carboxylic acids is 1. The molecule has 0 aromatic carbocycles. The third-order valence-corrected chi connectivity index (χ3v) is 5.81. The van der Waals surface area contributed by atoms with E-state index in [4.69, 9.17) is 14.2 Å². The van der Waals surface area contributed by atoms with Gasteiger partial charge in [0.15, 0.2) is 0 Å². The van der Waals surface area contributed by atoms with Gasteiger partial charge < -0.3 is 19.3 Å². The summed E-state index contributed by atoms with van der Waals surface area (Å²) in [7, 11) is 0. The maximum atomic E-state index is 11.5. The van der Waals surface area contributed by atoms with Crippen molar-refractivity contribution in [2.24, 2.45) is 17.8 Å². The van der Waals surface area contributed by atoms with Crippen molar-refractivity contribution in [1.29, 1.82) is 0 Å². The molecule has 5 fully saturated rings. The number of carboxylic acid groups (broad SMARTS) is 1. The highest BCUT2D eigenvalue weighted by molar-refractivity contribution is 5.71. The fourth-order valence-corrected chi connectivity index (χ4v) is 4.58. The topological polar surface area (TPSA) is 74.9 Å². The van der Waals surface area contributed by atoms with Gasteiger partial charge in [0.25, 0.3) is 0 Å². The van der Waals surface area contributed by atoms with Crippen LogP contribution in [-0.2, 0) is 19.0 Å². The van der Waals surface area contributed by atoms with Gasteiger partial charge in [-0.15, -0.1) is 0 Å². The molecule has 3 saturated heterocycles. The van der Waals surface area contributed by atoms with Gasteiger partial charge >= 0.3 is 5.97 Å². The van der Waals surface area contributed by atoms with E-state index in [-0.39, 0.29) is 17.6 Å². The van der Waals surface area contributed by atoms with Crippen LogP contribution in [0.5, 0.6) is 0 Å². The largest absolute Gasteiger partial charge is 0.481 e. The number of hydrogen-bond donors (Lipinski definition) is 1. The predicted molar refractivity (Wildman–Crippen MR) is 62.1 cm³/mol. The molecule has 5 nitrogen and oxygen atoms in total. The van der Waals surface area contributed by atoms with Crippen molar-refractivity contribution in [1.82, 2.24) is 0 Å². The third kappa shape index (κ3) is 1.44. The van der Waals surface area contributed by atoms with Crippen LogP contribution in [0.1, 0.15) is 38.5 Å². The van der Waals surface area contributed by atoms with Gasteiger partial charge in [0, 0.05) is 12.8 Å². The summed E-state index contributed by atoms with van der Waals surface area (Å²) in [6.07, 6.45) is 6.75. The maximum absolute atomic E-state index is 11.5. The molecule has 2 saturated carbocycles. The predicted octanol–water partition coefficient (Wildman–Crippen LogP) is 1.51. The molecule has 0 bridgehead atoms. The Bertz CT molecular complexity index is 455. The Morgan fingerprint density at radius 2 is 1.95 bits per heavy atom. The normalized spacial score (nSPS) is 60.5. The Hall–Kier alpha value is -0.650. The Balaban J connectivity index is 1.30. The van der Waals surface area contributed by atoms with Gasteiger partial charge in [0.05, 0.1) is 18.1 Å². The van der Waals surface area contributed by atoms with Crippen LogP contribution >= 0.6 is 0 Å². The minimum atomic E-state index is -0.685. The zero-order chi connectivity index (χ0) is 12.8. The van der Waals surface area contributed by atoms with E-state index in [0.29, 0.717) is 24.5 Å². The Morgan fingerprint density at radius 1 is 1.16 bits per heavy atom. The number of carbonyl (C=O) groups is 1. The zero-order valence-corrected chi connectivity index (χ0v) is 10.7. The summed E-state index contributed by atoms with van der Waals surface area (Å²) >= 11 is 0. The number of carboxylic acids is 1. The van der Waals surface area contributed by atoms with Gasteiger partial charge in [-0.1, -0.05) is 0 Å². The lowest BCUT2D eigenvalue weighted by atomic mass is 9.72. The number of hydrogen-bond acceptors (Lipinski definition) is 4. The molecule has 0 radical (unpaired) electrons. The third-order valence-electron chi connectivity index (χ3n) is 5.81. The van der Waals surface area contributed by atoms with E-state index in [1.807, 2.05) is 0 Å². The molecule has 5 atom stereocenters. The lowest BCUT2D eigenvalue weighted by Gasteiger charge is -2.29. The van der Waals surface area contributed by atoms with E-state index >= 15 is 0 Å². The fraction of sp³-hybridized carbons (Fsp3) is 0.929. The SMILES string of the molecule is O=C(O)C1CC23OC2(CC1CC1CCC2OC2C1)O3.